The van der Waals surface area contributed by atoms with Gasteiger partial charge in [0, 0.05) is 51.6 Å². The van der Waals surface area contributed by atoms with Gasteiger partial charge < -0.3 is 43.8 Å². The van der Waals surface area contributed by atoms with Gasteiger partial charge in [0.1, 0.15) is 22.4 Å². The molecule has 0 spiro atoms. The number of alkyl carbamates (subject to hydrolysis) is 2. The van der Waals surface area contributed by atoms with Crippen molar-refractivity contribution in [3.05, 3.63) is 59.7 Å². The van der Waals surface area contributed by atoms with E-state index in [1.165, 1.54) is 0 Å². The van der Waals surface area contributed by atoms with E-state index in [1.807, 2.05) is 62.6 Å². The maximum absolute atomic E-state index is 12.7. The molecule has 0 saturated heterocycles. The van der Waals surface area contributed by atoms with E-state index in [0.29, 0.717) is 61.9 Å². The largest absolute Gasteiger partial charge is 0.444 e. The Morgan fingerprint density at radius 2 is 0.925 bits per heavy atom. The summed E-state index contributed by atoms with van der Waals surface area (Å²) >= 11 is 0. The van der Waals surface area contributed by atoms with Crippen molar-refractivity contribution in [1.82, 2.24) is 30.6 Å². The number of nitrogens with zero attached hydrogens (tertiary/aromatic N) is 6. The molecule has 2 aliphatic rings. The Kier molecular flexibility index (Phi) is 15.8. The third kappa shape index (κ3) is 15.3. The van der Waals surface area contributed by atoms with Crippen LogP contribution in [0.15, 0.2) is 63.0 Å². The van der Waals surface area contributed by atoms with Gasteiger partial charge in [-0.25, -0.2) is 19.2 Å². The van der Waals surface area contributed by atoms with Gasteiger partial charge in [0.05, 0.1) is 11.1 Å². The van der Waals surface area contributed by atoms with Gasteiger partial charge in [0.2, 0.25) is 23.7 Å². The minimum atomic E-state index is -0.825. The van der Waals surface area contributed by atoms with E-state index in [0.717, 1.165) is 33.6 Å². The zero-order chi connectivity index (χ0) is 49.5. The highest BCUT2D eigenvalue weighted by molar-refractivity contribution is 6.00. The first-order valence-corrected chi connectivity index (χ1v) is 22.2. The predicted molar refractivity (Wildman–Crippen MR) is 259 cm³/mol. The highest BCUT2D eigenvalue weighted by Gasteiger charge is 2.28. The van der Waals surface area contributed by atoms with Crippen molar-refractivity contribution < 1.29 is 42.5 Å². The van der Waals surface area contributed by atoms with Crippen LogP contribution in [-0.4, -0.2) is 119 Å². The minimum absolute atomic E-state index is 0.0413. The minimum Gasteiger partial charge on any atom is -0.444 e. The highest BCUT2D eigenvalue weighted by atomic mass is 16.6. The summed E-state index contributed by atoms with van der Waals surface area (Å²) in [4.78, 5) is 62.6. The molecule has 4 amide bonds. The Hall–Kier alpha value is -6.92. The lowest BCUT2D eigenvalue weighted by molar-refractivity contribution is 0.0536. The van der Waals surface area contributed by atoms with Gasteiger partial charge in [-0.1, -0.05) is 24.3 Å². The van der Waals surface area contributed by atoms with Crippen molar-refractivity contribution in [2.75, 3.05) is 50.9 Å². The van der Waals surface area contributed by atoms with Crippen molar-refractivity contribution in [3.63, 3.8) is 0 Å². The lowest BCUT2D eigenvalue weighted by Gasteiger charge is -2.30. The predicted octanol–water partition coefficient (Wildman–Crippen LogP) is 9.30. The van der Waals surface area contributed by atoms with Gasteiger partial charge in [0.25, 0.3) is 0 Å². The monoisotopic (exact) mass is 927 g/mol. The van der Waals surface area contributed by atoms with Crippen LogP contribution in [0.1, 0.15) is 107 Å². The second-order valence-corrected chi connectivity index (χ2v) is 19.9. The Balaban J connectivity index is 1.31. The molecular formula is C48H66N10O9. The molecule has 1 aromatic heterocycles. The van der Waals surface area contributed by atoms with Gasteiger partial charge in [-0.05, 0) is 142 Å². The average Bonchev–Trinajstić information content (AvgIpc) is 3.70. The molecule has 3 heterocycles. The molecule has 4 N–H and O–H groups in total. The molecule has 19 nitrogen and oxygen atoms in total. The van der Waals surface area contributed by atoms with E-state index in [1.54, 1.807) is 92.9 Å². The van der Waals surface area contributed by atoms with E-state index in [9.17, 15) is 19.2 Å². The normalized spacial score (nSPS) is 15.2. The summed E-state index contributed by atoms with van der Waals surface area (Å²) in [6.45, 7) is 22.6. The summed E-state index contributed by atoms with van der Waals surface area (Å²) in [5.74, 6) is 0.742. The molecule has 0 aliphatic carbocycles. The number of ether oxygens (including phenoxy) is 4. The van der Waals surface area contributed by atoms with Crippen LogP contribution in [-0.2, 0) is 18.9 Å². The highest BCUT2D eigenvalue weighted by Crippen LogP contribution is 2.36. The van der Waals surface area contributed by atoms with Gasteiger partial charge >= 0.3 is 24.4 Å². The molecule has 0 saturated carbocycles. The maximum Gasteiger partial charge on any atom is 0.437 e. The first-order chi connectivity index (χ1) is 31.2. The Bertz CT molecular complexity index is 2280. The summed E-state index contributed by atoms with van der Waals surface area (Å²) in [6, 6.07) is 11.9. The van der Waals surface area contributed by atoms with Crippen molar-refractivity contribution in [3.8, 4) is 22.9 Å². The molecule has 3 aromatic rings. The summed E-state index contributed by atoms with van der Waals surface area (Å²) in [5.41, 5.74) is 4.00. The molecule has 2 aliphatic heterocycles. The zero-order valence-corrected chi connectivity index (χ0v) is 41.2. The van der Waals surface area contributed by atoms with Gasteiger partial charge in [-0.15, -0.1) is 20.2 Å². The summed E-state index contributed by atoms with van der Waals surface area (Å²) in [7, 11) is 3.64. The lowest BCUT2D eigenvalue weighted by Crippen LogP contribution is -2.48. The van der Waals surface area contributed by atoms with Gasteiger partial charge in [-0.2, -0.15) is 0 Å². The Morgan fingerprint density at radius 3 is 1.22 bits per heavy atom. The molecule has 0 atom stereocenters. The topological polar surface area (TPSA) is 223 Å². The van der Waals surface area contributed by atoms with Crippen LogP contribution < -0.4 is 21.3 Å². The van der Waals surface area contributed by atoms with Crippen LogP contribution >= 0.6 is 0 Å². The molecular weight excluding hydrogens is 861 g/mol. The van der Waals surface area contributed by atoms with Crippen molar-refractivity contribution >= 4 is 58.8 Å². The number of hydrogen-bond acceptors (Lipinski definition) is 13. The van der Waals surface area contributed by atoms with E-state index >= 15 is 0 Å². The number of nitrogens with one attached hydrogen (secondary N) is 4. The number of carbonyl (C=O) groups excluding carboxylic acids is 4. The molecule has 19 heteroatoms. The van der Waals surface area contributed by atoms with Crippen molar-refractivity contribution in [2.24, 2.45) is 9.98 Å². The quantitative estimate of drug-likeness (QED) is 0.103. The molecule has 0 bridgehead atoms. The summed E-state index contributed by atoms with van der Waals surface area (Å²) in [5, 5.41) is 20.7. The van der Waals surface area contributed by atoms with Gasteiger partial charge in [-0.3, -0.25) is 10.6 Å². The van der Waals surface area contributed by atoms with Crippen LogP contribution in [0.25, 0.3) is 34.1 Å². The maximum atomic E-state index is 12.7. The second kappa shape index (κ2) is 20.7. The standard InChI is InChI=1S/C48H66N10O9/c1-45(2,3)64-41(59)51-39(52-42(60)65-46(4,5)6)57-23-19-29(20-24-57)31-15-17-33(35(27-31)49-13)37-55-56-38(63-37)34-18-16-32(28-36(34)50-14)30-21-25-58(26-22-30)40(53-43(61)66-47(7,8)9)54-44(62)67-48(10,11)12/h15-19,21,27-28,49-50H,20,22-26H2,1-14H3,(H,51,52,59,60)(H,53,54,61,62). The zero-order valence-electron chi connectivity index (χ0n) is 41.2. The van der Waals surface area contributed by atoms with E-state index in [-0.39, 0.29) is 11.9 Å². The number of amides is 4. The number of rotatable bonds is 6. The number of aromatic nitrogens is 2. The molecule has 5 rings (SSSR count). The third-order valence-electron chi connectivity index (χ3n) is 9.63. The molecule has 0 unspecified atom stereocenters. The fourth-order valence-electron chi connectivity index (χ4n) is 6.85. The molecule has 0 radical (unpaired) electrons. The molecule has 0 fully saturated rings. The number of anilines is 2. The fraction of sp³-hybridized carbons (Fsp3) is 0.500. The summed E-state index contributed by atoms with van der Waals surface area (Å²) in [6.07, 6.45) is 2.10. The number of aliphatic imine (C=N–C) groups is 2. The van der Waals surface area contributed by atoms with Crippen molar-refractivity contribution in [2.45, 2.75) is 118 Å². The molecule has 67 heavy (non-hydrogen) atoms. The average molecular weight is 927 g/mol. The fourth-order valence-corrected chi connectivity index (χ4v) is 6.85. The van der Waals surface area contributed by atoms with E-state index in [2.05, 4.69) is 41.4 Å². The van der Waals surface area contributed by atoms with Crippen LogP contribution in [0.5, 0.6) is 0 Å². The van der Waals surface area contributed by atoms with Crippen molar-refractivity contribution in [1.29, 1.82) is 0 Å². The smallest absolute Gasteiger partial charge is 0.437 e. The third-order valence-corrected chi connectivity index (χ3v) is 9.63. The Labute approximate surface area is 392 Å². The first kappa shape index (κ1) is 51.1. The van der Waals surface area contributed by atoms with Crippen LogP contribution in [0.2, 0.25) is 0 Å². The number of carbonyl (C=O) groups is 4. The SMILES string of the molecule is CNc1cc(C2=CCN(C(=NC(=O)OC(C)(C)C)NC(=O)OC(C)(C)C)CC2)ccc1-c1nnc(-c2ccc(C3=CCN(C(=NC(=O)OC(C)(C)C)NC(=O)OC(C)(C)C)CC3)cc2NC)o1. The summed E-state index contributed by atoms with van der Waals surface area (Å²) < 4.78 is 28.0. The van der Waals surface area contributed by atoms with E-state index < -0.39 is 46.8 Å². The second-order valence-electron chi connectivity index (χ2n) is 19.9. The lowest BCUT2D eigenvalue weighted by atomic mass is 9.97. The van der Waals surface area contributed by atoms with Crippen LogP contribution in [0.4, 0.5) is 30.6 Å². The van der Waals surface area contributed by atoms with E-state index in [4.69, 9.17) is 23.4 Å². The Morgan fingerprint density at radius 1 is 0.567 bits per heavy atom. The van der Waals surface area contributed by atoms with Crippen LogP contribution in [0.3, 0.4) is 0 Å². The van der Waals surface area contributed by atoms with Gasteiger partial charge in [0.15, 0.2) is 0 Å². The number of guanidine groups is 2. The molecule has 2 aromatic carbocycles. The first-order valence-electron chi connectivity index (χ1n) is 22.2. The number of benzene rings is 2. The van der Waals surface area contributed by atoms with Crippen LogP contribution in [0, 0.1) is 0 Å². The number of hydrogen-bond donors (Lipinski definition) is 4. The molecule has 362 valence electrons.